The van der Waals surface area contributed by atoms with Crippen LogP contribution in [0.15, 0.2) is 12.1 Å². The minimum atomic E-state index is -0.138. The van der Waals surface area contributed by atoms with Crippen molar-refractivity contribution in [3.05, 3.63) is 28.0 Å². The van der Waals surface area contributed by atoms with Crippen LogP contribution in [0.3, 0.4) is 0 Å². The van der Waals surface area contributed by atoms with Crippen molar-refractivity contribution in [2.45, 2.75) is 38.6 Å². The van der Waals surface area contributed by atoms with Gasteiger partial charge in [0.25, 0.3) is 0 Å². The van der Waals surface area contributed by atoms with Crippen molar-refractivity contribution >= 4 is 45.8 Å². The molecule has 0 radical (unpaired) electrons. The molecular weight excluding hydrogens is 303 g/mol. The highest BCUT2D eigenvalue weighted by Crippen LogP contribution is 2.57. The molecule has 0 bridgehead atoms. The first-order valence-corrected chi connectivity index (χ1v) is 7.51. The van der Waals surface area contributed by atoms with Crippen LogP contribution in [0.1, 0.15) is 44.4 Å². The molecule has 102 valence electrons. The highest BCUT2D eigenvalue weighted by molar-refractivity contribution is 6.42. The summed E-state index contributed by atoms with van der Waals surface area (Å²) in [5.41, 5.74) is 2.17. The topological polar surface area (TPSA) is 17.8 Å². The van der Waals surface area contributed by atoms with Gasteiger partial charge in [0.05, 0.1) is 26.5 Å². The maximum Gasteiger partial charge on any atom is 0.127 e. The van der Waals surface area contributed by atoms with E-state index in [0.29, 0.717) is 21.5 Å². The third-order valence-corrected chi connectivity index (χ3v) is 4.81. The molecule has 0 spiro atoms. The first-order valence-electron chi connectivity index (χ1n) is 6.32. The van der Waals surface area contributed by atoms with Crippen LogP contribution in [0.2, 0.25) is 10.0 Å². The lowest BCUT2D eigenvalue weighted by atomic mass is 10.2. The summed E-state index contributed by atoms with van der Waals surface area (Å²) in [6.07, 6.45) is 1.13. The van der Waals surface area contributed by atoms with Crippen LogP contribution in [0.25, 0.3) is 11.0 Å². The second-order valence-corrected chi connectivity index (χ2v) is 7.39. The van der Waals surface area contributed by atoms with Crippen LogP contribution in [0.5, 0.6) is 0 Å². The maximum atomic E-state index is 6.28. The third-order valence-electron chi connectivity index (χ3n) is 3.89. The molecule has 2 unspecified atom stereocenters. The lowest BCUT2D eigenvalue weighted by Crippen LogP contribution is -2.06. The molecule has 3 rings (SSSR count). The van der Waals surface area contributed by atoms with Crippen molar-refractivity contribution in [3.8, 4) is 0 Å². The lowest BCUT2D eigenvalue weighted by Gasteiger charge is -2.12. The van der Waals surface area contributed by atoms with Gasteiger partial charge < -0.3 is 4.57 Å². The van der Waals surface area contributed by atoms with Crippen molar-refractivity contribution in [1.29, 1.82) is 0 Å². The standard InChI is InChI=1S/C14H15Cl3N2/c1-7(15)13-18-10-4-8(16)9(17)5-11(10)19(13)12-6-14(12,2)3/h4-5,7,12H,6H2,1-3H3. The fraction of sp³-hybridized carbons (Fsp3) is 0.500. The monoisotopic (exact) mass is 316 g/mol. The van der Waals surface area contributed by atoms with Gasteiger partial charge in [-0.25, -0.2) is 4.98 Å². The Kier molecular flexibility index (Phi) is 3.05. The summed E-state index contributed by atoms with van der Waals surface area (Å²) in [6.45, 7) is 6.45. The SMILES string of the molecule is CC(Cl)c1nc2cc(Cl)c(Cl)cc2n1C1CC1(C)C. The molecule has 0 N–H and O–H groups in total. The molecule has 1 heterocycles. The molecule has 2 aromatic rings. The van der Waals surface area contributed by atoms with Gasteiger partial charge in [0.2, 0.25) is 0 Å². The van der Waals surface area contributed by atoms with E-state index in [0.717, 1.165) is 23.3 Å². The van der Waals surface area contributed by atoms with Crippen LogP contribution in [-0.4, -0.2) is 9.55 Å². The molecule has 2 nitrogen and oxygen atoms in total. The molecular formula is C14H15Cl3N2. The quantitative estimate of drug-likeness (QED) is 0.658. The van der Waals surface area contributed by atoms with Crippen LogP contribution in [0.4, 0.5) is 0 Å². The smallest absolute Gasteiger partial charge is 0.127 e. The molecule has 1 saturated carbocycles. The first-order chi connectivity index (χ1) is 8.81. The zero-order chi connectivity index (χ0) is 13.9. The molecule has 2 atom stereocenters. The number of halogens is 3. The van der Waals surface area contributed by atoms with Crippen LogP contribution < -0.4 is 0 Å². The molecule has 1 aromatic carbocycles. The average Bonchev–Trinajstić information content (AvgIpc) is 2.77. The molecule has 1 aliphatic rings. The number of rotatable bonds is 2. The highest BCUT2D eigenvalue weighted by Gasteiger charge is 2.48. The number of hydrogen-bond acceptors (Lipinski definition) is 1. The number of benzene rings is 1. The minimum absolute atomic E-state index is 0.138. The van der Waals surface area contributed by atoms with Crippen molar-refractivity contribution in [1.82, 2.24) is 9.55 Å². The Morgan fingerprint density at radius 1 is 1.32 bits per heavy atom. The van der Waals surface area contributed by atoms with Gasteiger partial charge in [-0.15, -0.1) is 11.6 Å². The third kappa shape index (κ3) is 2.14. The minimum Gasteiger partial charge on any atom is -0.323 e. The second-order valence-electron chi connectivity index (χ2n) is 5.92. The summed E-state index contributed by atoms with van der Waals surface area (Å²) in [6, 6.07) is 4.14. The van der Waals surface area contributed by atoms with Gasteiger partial charge in [-0.05, 0) is 30.9 Å². The van der Waals surface area contributed by atoms with E-state index in [1.165, 1.54) is 0 Å². The van der Waals surface area contributed by atoms with Crippen LogP contribution in [0, 0.1) is 5.41 Å². The first kappa shape index (κ1) is 13.5. The Morgan fingerprint density at radius 3 is 2.42 bits per heavy atom. The normalized spacial score (nSPS) is 22.7. The summed E-state index contributed by atoms with van der Waals surface area (Å²) in [5, 5.41) is 0.951. The summed E-state index contributed by atoms with van der Waals surface area (Å²) < 4.78 is 2.23. The molecule has 0 saturated heterocycles. The maximum absolute atomic E-state index is 6.28. The summed E-state index contributed by atoms with van der Waals surface area (Å²) in [4.78, 5) is 4.63. The van der Waals surface area contributed by atoms with Gasteiger partial charge in [0.1, 0.15) is 5.82 Å². The number of fused-ring (bicyclic) bond motifs is 1. The molecule has 1 fully saturated rings. The van der Waals surface area contributed by atoms with Gasteiger partial charge in [-0.1, -0.05) is 37.0 Å². The lowest BCUT2D eigenvalue weighted by molar-refractivity contribution is 0.535. The summed E-state index contributed by atoms with van der Waals surface area (Å²) in [7, 11) is 0. The molecule has 19 heavy (non-hydrogen) atoms. The zero-order valence-electron chi connectivity index (χ0n) is 11.0. The van der Waals surface area contributed by atoms with E-state index in [4.69, 9.17) is 34.8 Å². The highest BCUT2D eigenvalue weighted by atomic mass is 35.5. The van der Waals surface area contributed by atoms with Crippen molar-refractivity contribution in [2.24, 2.45) is 5.41 Å². The molecule has 0 amide bonds. The van der Waals surface area contributed by atoms with E-state index in [-0.39, 0.29) is 5.38 Å². The fourth-order valence-corrected chi connectivity index (χ4v) is 3.07. The van der Waals surface area contributed by atoms with Gasteiger partial charge >= 0.3 is 0 Å². The molecule has 5 heteroatoms. The van der Waals surface area contributed by atoms with E-state index in [2.05, 4.69) is 23.4 Å². The van der Waals surface area contributed by atoms with Gasteiger partial charge in [0.15, 0.2) is 0 Å². The Labute approximate surface area is 127 Å². The van der Waals surface area contributed by atoms with E-state index >= 15 is 0 Å². The van der Waals surface area contributed by atoms with Gasteiger partial charge in [0, 0.05) is 6.04 Å². The van der Waals surface area contributed by atoms with E-state index < -0.39 is 0 Å². The number of aromatic nitrogens is 2. The predicted octanol–water partition coefficient (Wildman–Crippen LogP) is 5.61. The van der Waals surface area contributed by atoms with Crippen molar-refractivity contribution in [2.75, 3.05) is 0 Å². The average molecular weight is 318 g/mol. The van der Waals surface area contributed by atoms with Crippen LogP contribution in [-0.2, 0) is 0 Å². The largest absolute Gasteiger partial charge is 0.323 e. The Balaban J connectivity index is 2.27. The Hall–Kier alpha value is -0.440. The summed E-state index contributed by atoms with van der Waals surface area (Å²) >= 11 is 18.5. The van der Waals surface area contributed by atoms with E-state index in [1.807, 2.05) is 19.1 Å². The van der Waals surface area contributed by atoms with Crippen molar-refractivity contribution in [3.63, 3.8) is 0 Å². The molecule has 1 aliphatic carbocycles. The number of imidazole rings is 1. The zero-order valence-corrected chi connectivity index (χ0v) is 13.3. The van der Waals surface area contributed by atoms with E-state index in [1.54, 1.807) is 0 Å². The van der Waals surface area contributed by atoms with Crippen LogP contribution >= 0.6 is 34.8 Å². The number of nitrogens with zero attached hydrogens (tertiary/aromatic N) is 2. The summed E-state index contributed by atoms with van der Waals surface area (Å²) in [5.74, 6) is 0.894. The van der Waals surface area contributed by atoms with Crippen molar-refractivity contribution < 1.29 is 0 Å². The fourth-order valence-electron chi connectivity index (χ4n) is 2.60. The number of hydrogen-bond donors (Lipinski definition) is 0. The van der Waals surface area contributed by atoms with E-state index in [9.17, 15) is 0 Å². The molecule has 1 aromatic heterocycles. The Bertz CT molecular complexity index is 658. The van der Waals surface area contributed by atoms with Gasteiger partial charge in [-0.2, -0.15) is 0 Å². The molecule has 0 aliphatic heterocycles. The second kappa shape index (κ2) is 4.28. The Morgan fingerprint density at radius 2 is 1.89 bits per heavy atom. The number of alkyl halides is 1. The predicted molar refractivity (Wildman–Crippen MR) is 81.5 cm³/mol. The van der Waals surface area contributed by atoms with Gasteiger partial charge in [-0.3, -0.25) is 0 Å².